The topological polar surface area (TPSA) is 258 Å². The molecule has 0 radical (unpaired) electrons. The Morgan fingerprint density at radius 2 is 0.976 bits per heavy atom. The number of aliphatic hydroxyl groups is 6. The van der Waals surface area contributed by atoms with E-state index >= 15 is 0 Å². The van der Waals surface area contributed by atoms with Crippen molar-refractivity contribution in [3.8, 4) is 0 Å². The summed E-state index contributed by atoms with van der Waals surface area (Å²) in [5.41, 5.74) is 0. The van der Waals surface area contributed by atoms with Gasteiger partial charge < -0.3 is 65.2 Å². The van der Waals surface area contributed by atoms with Crippen molar-refractivity contribution < 1.29 is 60.3 Å². The first-order valence-corrected chi connectivity index (χ1v) is 13.4. The van der Waals surface area contributed by atoms with Gasteiger partial charge >= 0.3 is 0 Å². The van der Waals surface area contributed by atoms with E-state index in [4.69, 9.17) is 5.11 Å². The van der Waals surface area contributed by atoms with Crippen LogP contribution in [0.25, 0.3) is 0 Å². The molecule has 0 bridgehead atoms. The van der Waals surface area contributed by atoms with Crippen molar-refractivity contribution in [1.82, 2.24) is 24.5 Å². The summed E-state index contributed by atoms with van der Waals surface area (Å²) in [6.45, 7) is -0.322. The van der Waals surface area contributed by atoms with E-state index in [0.717, 1.165) is 0 Å². The van der Waals surface area contributed by atoms with Crippen LogP contribution in [0.1, 0.15) is 7.43 Å². The fourth-order valence-corrected chi connectivity index (χ4v) is 4.56. The zero-order chi connectivity index (χ0) is 31.1. The highest BCUT2D eigenvalue weighted by Gasteiger charge is 2.31. The maximum absolute atomic E-state index is 11.3. The van der Waals surface area contributed by atoms with E-state index in [1.165, 1.54) is 9.80 Å². The summed E-state index contributed by atoms with van der Waals surface area (Å²) in [7, 11) is 1.55. The summed E-state index contributed by atoms with van der Waals surface area (Å²) >= 11 is 0. The van der Waals surface area contributed by atoms with Gasteiger partial charge in [0.25, 0.3) is 0 Å². The van der Waals surface area contributed by atoms with Gasteiger partial charge in [0.1, 0.15) is 18.3 Å². The summed E-state index contributed by atoms with van der Waals surface area (Å²) in [5, 5.41) is 92.8. The van der Waals surface area contributed by atoms with Crippen molar-refractivity contribution >= 4 is 17.9 Å². The van der Waals surface area contributed by atoms with E-state index in [1.54, 1.807) is 16.8 Å². The molecule has 1 aliphatic heterocycles. The lowest BCUT2D eigenvalue weighted by Gasteiger charge is -2.35. The number of hydrogen-bond acceptors (Lipinski definition) is 17. The van der Waals surface area contributed by atoms with Crippen LogP contribution in [0.15, 0.2) is 0 Å². The number of β-amino-alcohol motifs (C(OH)–C–C–N with tert-alkyl or cyclic N) is 1. The molecule has 0 aliphatic carbocycles. The Hall–Kier alpha value is -2.03. The highest BCUT2D eigenvalue weighted by atomic mass is 16.4. The number of carboxylic acid groups (broad SMARTS) is 3. The number of aliphatic hydroxyl groups excluding tert-OH is 6. The highest BCUT2D eigenvalue weighted by Crippen LogP contribution is 2.08. The highest BCUT2D eigenvalue weighted by molar-refractivity contribution is 5.67. The Morgan fingerprint density at radius 1 is 0.643 bits per heavy atom. The molecule has 5 unspecified atom stereocenters. The Labute approximate surface area is 246 Å². The Kier molecular flexibility index (Phi) is 19.8. The van der Waals surface area contributed by atoms with Crippen molar-refractivity contribution in [3.63, 3.8) is 0 Å². The predicted octanol–water partition coefficient (Wildman–Crippen LogP) is -9.18. The molecule has 1 heterocycles. The predicted molar refractivity (Wildman–Crippen MR) is 142 cm³/mol. The average Bonchev–Trinajstić information content (AvgIpc) is 2.87. The monoisotopic (exact) mass is 610 g/mol. The Morgan fingerprint density at radius 3 is 1.31 bits per heavy atom. The van der Waals surface area contributed by atoms with Crippen molar-refractivity contribution in [1.29, 1.82) is 0 Å². The maximum atomic E-state index is 11.3. The van der Waals surface area contributed by atoms with Crippen LogP contribution < -0.4 is 15.3 Å². The molecule has 1 rings (SSSR count). The van der Waals surface area contributed by atoms with Gasteiger partial charge in [-0.05, 0) is 7.05 Å². The van der Waals surface area contributed by atoms with Gasteiger partial charge in [0.15, 0.2) is 0 Å². The minimum absolute atomic E-state index is 0. The fourth-order valence-electron chi connectivity index (χ4n) is 4.56. The third-order valence-electron chi connectivity index (χ3n) is 6.80. The normalized spacial score (nSPS) is 20.9. The molecule has 6 N–H and O–H groups in total. The van der Waals surface area contributed by atoms with Crippen molar-refractivity contribution in [2.75, 3.05) is 105 Å². The molecule has 0 aromatic heterocycles. The molecular weight excluding hydrogens is 562 g/mol. The zero-order valence-corrected chi connectivity index (χ0v) is 23.4. The summed E-state index contributed by atoms with van der Waals surface area (Å²) in [4.78, 5) is 41.7. The molecule has 17 heteroatoms. The van der Waals surface area contributed by atoms with Gasteiger partial charge in [-0.25, -0.2) is 0 Å². The smallest absolute Gasteiger partial charge is 0.111 e. The van der Waals surface area contributed by atoms with Gasteiger partial charge in [-0.3, -0.25) is 19.6 Å². The van der Waals surface area contributed by atoms with Crippen LogP contribution in [-0.2, 0) is 14.4 Å². The summed E-state index contributed by atoms with van der Waals surface area (Å²) in [5.74, 6) is -3.94. The minimum atomic E-state index is -1.78. The molecule has 42 heavy (non-hydrogen) atoms. The second kappa shape index (κ2) is 20.8. The second-order valence-corrected chi connectivity index (χ2v) is 10.4. The van der Waals surface area contributed by atoms with E-state index in [9.17, 15) is 55.2 Å². The third kappa shape index (κ3) is 16.6. The largest absolute Gasteiger partial charge is 0.549 e. The number of rotatable bonds is 16. The second-order valence-electron chi connectivity index (χ2n) is 10.4. The first kappa shape index (κ1) is 40.0. The van der Waals surface area contributed by atoms with Crippen molar-refractivity contribution in [2.24, 2.45) is 0 Å². The lowest BCUT2D eigenvalue weighted by Crippen LogP contribution is -2.52. The number of nitrogens with zero attached hydrogens (tertiary/aromatic N) is 5. The molecule has 17 nitrogen and oxygen atoms in total. The van der Waals surface area contributed by atoms with E-state index < -0.39 is 74.7 Å². The molecule has 0 aromatic rings. The Bertz CT molecular complexity index is 765. The van der Waals surface area contributed by atoms with Gasteiger partial charge in [-0.2, -0.15) is 0 Å². The van der Waals surface area contributed by atoms with Crippen LogP contribution in [0, 0.1) is 0 Å². The first-order chi connectivity index (χ1) is 19.2. The number of carbonyl (C=O) groups is 3. The van der Waals surface area contributed by atoms with Gasteiger partial charge in [0, 0.05) is 91.6 Å². The van der Waals surface area contributed by atoms with Gasteiger partial charge in [0.05, 0.1) is 36.7 Å². The van der Waals surface area contributed by atoms with Gasteiger partial charge in [-0.1, -0.05) is 7.43 Å². The molecule has 0 aromatic carbocycles. The fraction of sp³-hybridized carbons (Fsp3) is 0.880. The molecule has 1 saturated heterocycles. The van der Waals surface area contributed by atoms with Crippen LogP contribution in [0.4, 0.5) is 0 Å². The quantitative estimate of drug-likeness (QED) is 0.0947. The maximum Gasteiger partial charge on any atom is 0.111 e. The number of likely N-dealkylation sites (N-methyl/N-ethyl adjacent to an activating group) is 1. The standard InChI is InChI=1S/C24H47N5O12.CH4/c1-25(12-18(32)23(40)24(41)19(33)16-30)10-17(31)11-26-2-4-27(13-20(34)35)6-8-29(15-22(38)39)9-7-28(5-3-26)14-21(36)37;/h17-19,23-24,30-33,40-41H,2-16H2,1H3,(H,34,35)(H,36,37)(H,38,39);1H4/p-3. The van der Waals surface area contributed by atoms with E-state index in [2.05, 4.69) is 0 Å². The molecule has 0 amide bonds. The number of carbonyl (C=O) groups excluding carboxylic acids is 3. The van der Waals surface area contributed by atoms with Crippen LogP contribution in [0.2, 0.25) is 0 Å². The lowest BCUT2D eigenvalue weighted by atomic mass is 10.0. The SMILES string of the molecule is C.CN(CC(O)CN1CCN(CC(=O)[O-])CCN(CC(=O)[O-])CCN(CC(=O)[O-])CC1)CC(O)C(O)C(O)C(O)CO. The molecule has 0 spiro atoms. The lowest BCUT2D eigenvalue weighted by molar-refractivity contribution is -0.308. The molecular formula is C25H48N5O12-3. The van der Waals surface area contributed by atoms with E-state index in [0.29, 0.717) is 0 Å². The zero-order valence-electron chi connectivity index (χ0n) is 23.4. The Balaban J connectivity index is 0.0000168. The first-order valence-electron chi connectivity index (χ1n) is 13.4. The van der Waals surface area contributed by atoms with E-state index in [1.807, 2.05) is 4.90 Å². The van der Waals surface area contributed by atoms with Crippen molar-refractivity contribution in [3.05, 3.63) is 0 Å². The van der Waals surface area contributed by atoms with Crippen LogP contribution in [0.5, 0.6) is 0 Å². The molecule has 248 valence electrons. The van der Waals surface area contributed by atoms with Crippen LogP contribution >= 0.6 is 0 Å². The minimum Gasteiger partial charge on any atom is -0.549 e. The van der Waals surface area contributed by atoms with E-state index in [-0.39, 0.29) is 79.4 Å². The molecule has 1 aliphatic rings. The summed E-state index contributed by atoms with van der Waals surface area (Å²) in [6, 6.07) is 0. The summed E-state index contributed by atoms with van der Waals surface area (Å²) in [6.07, 6.45) is -7.67. The van der Waals surface area contributed by atoms with Crippen molar-refractivity contribution in [2.45, 2.75) is 37.9 Å². The number of aliphatic carboxylic acids is 3. The number of carboxylic acids is 3. The number of hydrogen-bond donors (Lipinski definition) is 6. The van der Waals surface area contributed by atoms with Crippen LogP contribution in [0.3, 0.4) is 0 Å². The third-order valence-corrected chi connectivity index (χ3v) is 6.80. The van der Waals surface area contributed by atoms with Crippen LogP contribution in [-0.4, -0.2) is 209 Å². The van der Waals surface area contributed by atoms with Gasteiger partial charge in [-0.15, -0.1) is 0 Å². The molecule has 5 atom stereocenters. The average molecular weight is 611 g/mol. The molecule has 0 saturated carbocycles. The molecule has 1 fully saturated rings. The summed E-state index contributed by atoms with van der Waals surface area (Å²) < 4.78 is 0. The van der Waals surface area contributed by atoms with Gasteiger partial charge in [0.2, 0.25) is 0 Å².